The van der Waals surface area contributed by atoms with E-state index in [1.165, 1.54) is 15.9 Å². The van der Waals surface area contributed by atoms with Gasteiger partial charge < -0.3 is 0 Å². The minimum absolute atomic E-state index is 0.211. The van der Waals surface area contributed by atoms with Crippen molar-refractivity contribution in [1.82, 2.24) is 14.5 Å². The van der Waals surface area contributed by atoms with Crippen LogP contribution in [-0.2, 0) is 13.1 Å². The largest absolute Gasteiger partial charge is 0.352 e. The van der Waals surface area contributed by atoms with Gasteiger partial charge >= 0.3 is 5.69 Å². The first kappa shape index (κ1) is 14.9. The van der Waals surface area contributed by atoms with Crippen molar-refractivity contribution >= 4 is 5.95 Å². The average molecular weight is 307 g/mol. The van der Waals surface area contributed by atoms with E-state index < -0.39 is 0 Å². The van der Waals surface area contributed by atoms with Gasteiger partial charge in [0.2, 0.25) is 5.95 Å². The molecule has 0 spiro atoms. The third-order valence-corrected chi connectivity index (χ3v) is 3.40. The van der Waals surface area contributed by atoms with Crippen LogP contribution in [-0.4, -0.2) is 14.5 Å². The molecule has 0 unspecified atom stereocenters. The van der Waals surface area contributed by atoms with Crippen molar-refractivity contribution in [3.8, 4) is 0 Å². The lowest BCUT2D eigenvalue weighted by molar-refractivity contribution is 0.681. The Morgan fingerprint density at radius 1 is 0.957 bits per heavy atom. The highest BCUT2D eigenvalue weighted by Gasteiger charge is 2.08. The molecule has 0 aliphatic rings. The third kappa shape index (κ3) is 3.81. The Kier molecular flexibility index (Phi) is 4.44. The molecule has 3 aromatic rings. The first-order valence-corrected chi connectivity index (χ1v) is 7.26. The number of hydrogen-bond acceptors (Lipinski definition) is 5. The van der Waals surface area contributed by atoms with Gasteiger partial charge in [-0.1, -0.05) is 60.7 Å². The van der Waals surface area contributed by atoms with Crippen LogP contribution >= 0.6 is 0 Å². The first-order chi connectivity index (χ1) is 11.2. The van der Waals surface area contributed by atoms with Gasteiger partial charge in [-0.05, 0) is 11.1 Å². The van der Waals surface area contributed by atoms with Gasteiger partial charge in [-0.2, -0.15) is 4.98 Å². The maximum Gasteiger partial charge on any atom is 0.352 e. The van der Waals surface area contributed by atoms with Crippen molar-refractivity contribution in [2.24, 2.45) is 5.84 Å². The summed E-state index contributed by atoms with van der Waals surface area (Å²) in [6, 6.07) is 19.4. The molecule has 116 valence electrons. The van der Waals surface area contributed by atoms with Crippen LogP contribution in [0.15, 0.2) is 71.8 Å². The second kappa shape index (κ2) is 6.85. The van der Waals surface area contributed by atoms with Crippen LogP contribution < -0.4 is 16.5 Å². The summed E-state index contributed by atoms with van der Waals surface area (Å²) < 4.78 is 1.45. The van der Waals surface area contributed by atoms with Crippen LogP contribution in [0, 0.1) is 0 Å². The summed E-state index contributed by atoms with van der Waals surface area (Å²) in [5, 5.41) is 1.36. The number of anilines is 1. The molecule has 0 aliphatic heterocycles. The minimum atomic E-state index is -0.373. The van der Waals surface area contributed by atoms with Crippen molar-refractivity contribution in [2.75, 3.05) is 5.01 Å². The second-order valence-corrected chi connectivity index (χ2v) is 5.17. The van der Waals surface area contributed by atoms with Crippen LogP contribution in [0.5, 0.6) is 0 Å². The smallest absolute Gasteiger partial charge is 0.278 e. The predicted octanol–water partition coefficient (Wildman–Crippen LogP) is 1.57. The van der Waals surface area contributed by atoms with Crippen LogP contribution in [0.4, 0.5) is 5.95 Å². The second-order valence-electron chi connectivity index (χ2n) is 5.17. The quantitative estimate of drug-likeness (QED) is 0.572. The number of aromatic nitrogens is 3. The number of rotatable bonds is 5. The molecule has 2 aromatic carbocycles. The van der Waals surface area contributed by atoms with E-state index in [9.17, 15) is 4.79 Å². The monoisotopic (exact) mass is 307 g/mol. The van der Waals surface area contributed by atoms with E-state index in [2.05, 4.69) is 9.97 Å². The van der Waals surface area contributed by atoms with Gasteiger partial charge in [0.25, 0.3) is 0 Å². The topological polar surface area (TPSA) is 77.0 Å². The lowest BCUT2D eigenvalue weighted by Crippen LogP contribution is -2.35. The Morgan fingerprint density at radius 2 is 1.57 bits per heavy atom. The number of nitrogens with zero attached hydrogens (tertiary/aromatic N) is 4. The van der Waals surface area contributed by atoms with Crippen molar-refractivity contribution in [3.63, 3.8) is 0 Å². The number of hydrazine groups is 1. The van der Waals surface area contributed by atoms with Crippen molar-refractivity contribution < 1.29 is 0 Å². The summed E-state index contributed by atoms with van der Waals surface area (Å²) in [6.07, 6.45) is 1.47. The fourth-order valence-corrected chi connectivity index (χ4v) is 2.23. The summed E-state index contributed by atoms with van der Waals surface area (Å²) in [5.74, 6) is 6.17. The standard InChI is InChI=1S/C17H17N5O/c18-22(12-15-9-5-2-6-10-15)16-19-13-21(17(23)20-16)11-14-7-3-1-4-8-14/h1-10,13H,11-12,18H2. The molecule has 0 radical (unpaired) electrons. The summed E-state index contributed by atoms with van der Waals surface area (Å²) in [6.45, 7) is 0.867. The van der Waals surface area contributed by atoms with Crippen molar-refractivity contribution in [2.45, 2.75) is 13.1 Å². The normalized spacial score (nSPS) is 10.5. The van der Waals surface area contributed by atoms with E-state index >= 15 is 0 Å². The van der Waals surface area contributed by atoms with Crippen LogP contribution in [0.1, 0.15) is 11.1 Å². The Bertz CT molecular complexity index is 817. The summed E-state index contributed by atoms with van der Waals surface area (Å²) >= 11 is 0. The zero-order chi connectivity index (χ0) is 16.1. The van der Waals surface area contributed by atoms with Gasteiger partial charge in [-0.25, -0.2) is 15.6 Å². The molecule has 0 bridgehead atoms. The van der Waals surface area contributed by atoms with Gasteiger partial charge in [0.05, 0.1) is 13.1 Å². The fourth-order valence-electron chi connectivity index (χ4n) is 2.23. The van der Waals surface area contributed by atoms with Crippen LogP contribution in [0.25, 0.3) is 0 Å². The molecule has 0 aliphatic carbocycles. The maximum absolute atomic E-state index is 12.1. The lowest BCUT2D eigenvalue weighted by atomic mass is 10.2. The van der Waals surface area contributed by atoms with Gasteiger partial charge in [-0.15, -0.1) is 0 Å². The molecule has 6 nitrogen and oxygen atoms in total. The average Bonchev–Trinajstić information content (AvgIpc) is 2.58. The summed E-state index contributed by atoms with van der Waals surface area (Å²) in [4.78, 5) is 20.3. The third-order valence-electron chi connectivity index (χ3n) is 3.40. The zero-order valence-corrected chi connectivity index (χ0v) is 12.5. The highest BCUT2D eigenvalue weighted by molar-refractivity contribution is 5.28. The highest BCUT2D eigenvalue weighted by Crippen LogP contribution is 2.06. The van der Waals surface area contributed by atoms with Gasteiger partial charge in [-0.3, -0.25) is 9.58 Å². The molecular weight excluding hydrogens is 290 g/mol. The molecule has 6 heteroatoms. The number of nitrogens with two attached hydrogens (primary N) is 1. The van der Waals surface area contributed by atoms with E-state index in [1.54, 1.807) is 0 Å². The summed E-state index contributed by atoms with van der Waals surface area (Å²) in [5.41, 5.74) is 1.66. The Morgan fingerprint density at radius 3 is 2.17 bits per heavy atom. The SMILES string of the molecule is NN(Cc1ccccc1)c1ncn(Cc2ccccc2)c(=O)n1. The molecule has 0 fully saturated rings. The van der Waals surface area contributed by atoms with E-state index in [4.69, 9.17) is 5.84 Å². The maximum atomic E-state index is 12.1. The molecule has 1 heterocycles. The van der Waals surface area contributed by atoms with E-state index in [0.29, 0.717) is 13.1 Å². The van der Waals surface area contributed by atoms with Crippen molar-refractivity contribution in [1.29, 1.82) is 0 Å². The van der Waals surface area contributed by atoms with Crippen LogP contribution in [0.2, 0.25) is 0 Å². The lowest BCUT2D eigenvalue weighted by Gasteiger charge is -2.16. The Hall–Kier alpha value is -2.99. The molecule has 23 heavy (non-hydrogen) atoms. The fraction of sp³-hybridized carbons (Fsp3) is 0.118. The predicted molar refractivity (Wildman–Crippen MR) is 88.6 cm³/mol. The van der Waals surface area contributed by atoms with E-state index in [0.717, 1.165) is 11.1 Å². The number of hydrogen-bond donors (Lipinski definition) is 1. The molecule has 0 saturated carbocycles. The van der Waals surface area contributed by atoms with Gasteiger partial charge in [0, 0.05) is 0 Å². The molecule has 1 aromatic heterocycles. The Labute approximate surface area is 133 Å². The molecule has 2 N–H and O–H groups in total. The minimum Gasteiger partial charge on any atom is -0.278 e. The number of benzene rings is 2. The molecule has 3 rings (SSSR count). The zero-order valence-electron chi connectivity index (χ0n) is 12.5. The molecule has 0 atom stereocenters. The van der Waals surface area contributed by atoms with Gasteiger partial charge in [0.15, 0.2) is 0 Å². The Balaban J connectivity index is 1.75. The van der Waals surface area contributed by atoms with Crippen molar-refractivity contribution in [3.05, 3.63) is 88.6 Å². The van der Waals surface area contributed by atoms with Gasteiger partial charge in [0.1, 0.15) is 6.33 Å². The van der Waals surface area contributed by atoms with E-state index in [-0.39, 0.29) is 11.6 Å². The summed E-state index contributed by atoms with van der Waals surface area (Å²) in [7, 11) is 0. The first-order valence-electron chi connectivity index (χ1n) is 7.26. The molecule has 0 amide bonds. The van der Waals surface area contributed by atoms with Crippen LogP contribution in [0.3, 0.4) is 0 Å². The molecular formula is C17H17N5O. The highest BCUT2D eigenvalue weighted by atomic mass is 16.1. The molecule has 0 saturated heterocycles. The van der Waals surface area contributed by atoms with E-state index in [1.807, 2.05) is 60.7 Å².